The number of ether oxygens (including phenoxy) is 3. The summed E-state index contributed by atoms with van der Waals surface area (Å²) in [4.78, 5) is 11.3. The summed E-state index contributed by atoms with van der Waals surface area (Å²) >= 11 is 0. The van der Waals surface area contributed by atoms with Crippen molar-refractivity contribution in [1.29, 1.82) is 10.5 Å². The number of carbonyl (C=O) groups is 1. The van der Waals surface area contributed by atoms with Crippen molar-refractivity contribution in [3.8, 4) is 29.4 Å². The first-order valence-electron chi connectivity index (χ1n) is 18.1. The number of rotatable bonds is 5. The first kappa shape index (κ1) is 32.8. The molecule has 0 saturated carbocycles. The summed E-state index contributed by atoms with van der Waals surface area (Å²) in [5, 5.41) is 20.6. The maximum atomic E-state index is 11.3. The molecular weight excluding hydrogens is 610 g/mol. The van der Waals surface area contributed by atoms with Gasteiger partial charge in [0.15, 0.2) is 0 Å². The number of hydrogen-bond donors (Lipinski definition) is 1. The van der Waals surface area contributed by atoms with E-state index in [0.29, 0.717) is 24.7 Å². The Balaban J connectivity index is 0.000000117. The predicted molar refractivity (Wildman–Crippen MR) is 189 cm³/mol. The van der Waals surface area contributed by atoms with Crippen LogP contribution >= 0.6 is 0 Å². The highest BCUT2D eigenvalue weighted by Gasteiger charge is 2.30. The molecule has 0 saturated heterocycles. The second-order valence-electron chi connectivity index (χ2n) is 13.7. The van der Waals surface area contributed by atoms with Gasteiger partial charge in [0.2, 0.25) is 5.91 Å². The number of fused-ring (bicyclic) bond motifs is 9. The third-order valence-corrected chi connectivity index (χ3v) is 11.0. The van der Waals surface area contributed by atoms with Crippen LogP contribution in [-0.2, 0) is 43.3 Å². The second-order valence-corrected chi connectivity index (χ2v) is 13.7. The number of aryl methyl sites for hydroxylation is 3. The maximum Gasteiger partial charge on any atom is 0.219 e. The zero-order valence-electron chi connectivity index (χ0n) is 28.5. The van der Waals surface area contributed by atoms with E-state index in [-0.39, 0.29) is 5.91 Å². The average Bonchev–Trinajstić information content (AvgIpc) is 3.96. The average molecular weight is 656 g/mol. The van der Waals surface area contributed by atoms with Gasteiger partial charge in [-0.25, -0.2) is 0 Å². The minimum atomic E-state index is 0.153. The van der Waals surface area contributed by atoms with Gasteiger partial charge in [-0.1, -0.05) is 25.1 Å². The van der Waals surface area contributed by atoms with Crippen LogP contribution in [0.15, 0.2) is 42.5 Å². The lowest BCUT2D eigenvalue weighted by Gasteiger charge is -2.15. The lowest BCUT2D eigenvalue weighted by atomic mass is 9.92. The molecule has 0 spiro atoms. The summed E-state index contributed by atoms with van der Waals surface area (Å²) in [6.45, 7) is 5.10. The molecular formula is C42H45N3O4. The summed E-state index contributed by atoms with van der Waals surface area (Å²) in [7, 11) is 0. The van der Waals surface area contributed by atoms with Gasteiger partial charge >= 0.3 is 0 Å². The van der Waals surface area contributed by atoms with Gasteiger partial charge in [-0.3, -0.25) is 4.79 Å². The maximum absolute atomic E-state index is 11.3. The molecule has 3 heterocycles. The van der Waals surface area contributed by atoms with Crippen molar-refractivity contribution in [3.05, 3.63) is 92.5 Å². The molecule has 0 unspecified atom stereocenters. The SMILES string of the molecule is CCC(=O)NCC[C@@H]1CCc2ccc3c(c21)CCO3.N#C/C=C1\CCc2ccc3c(c21)CCO3.N#CC[C@@H]1CCc2ccc3c(c21)CCO3. The Morgan fingerprint density at radius 1 is 0.755 bits per heavy atom. The van der Waals surface area contributed by atoms with Crippen molar-refractivity contribution in [3.63, 3.8) is 0 Å². The van der Waals surface area contributed by atoms with Crippen LogP contribution in [0.3, 0.4) is 0 Å². The molecule has 0 fully saturated rings. The molecule has 252 valence electrons. The molecule has 3 aliphatic carbocycles. The molecule has 0 bridgehead atoms. The highest BCUT2D eigenvalue weighted by Crippen LogP contribution is 2.44. The quantitative estimate of drug-likeness (QED) is 0.284. The van der Waals surface area contributed by atoms with Crippen molar-refractivity contribution in [1.82, 2.24) is 5.32 Å². The van der Waals surface area contributed by atoms with Crippen LogP contribution < -0.4 is 19.5 Å². The third-order valence-electron chi connectivity index (χ3n) is 11.0. The fourth-order valence-corrected chi connectivity index (χ4v) is 8.76. The summed E-state index contributed by atoms with van der Waals surface area (Å²) in [5.41, 5.74) is 13.9. The molecule has 9 rings (SSSR count). The Kier molecular flexibility index (Phi) is 9.89. The van der Waals surface area contributed by atoms with Gasteiger partial charge in [0.05, 0.1) is 32.0 Å². The van der Waals surface area contributed by atoms with Crippen molar-refractivity contribution in [2.24, 2.45) is 0 Å². The standard InChI is InChI=1S/C16H21NO2.C13H13NO.C13H11NO/c1-2-15(18)17-9-7-12-4-3-11-5-6-14-13(16(11)12)8-10-19-14;2*14-7-5-10-2-1-9-3-4-12-11(13(9)10)6-8-15-12/h5-6,12H,2-4,7-10H2,1H3,(H,17,18);3-4,10H,1-2,5-6,8H2;3-5H,1-2,6,8H2/b;;10-5+/t12-;10-;/m00./s1. The van der Waals surface area contributed by atoms with Gasteiger partial charge in [0, 0.05) is 61.4 Å². The van der Waals surface area contributed by atoms with Crippen molar-refractivity contribution < 1.29 is 19.0 Å². The largest absolute Gasteiger partial charge is 0.493 e. The molecule has 7 heteroatoms. The van der Waals surface area contributed by atoms with Crippen LogP contribution in [0.25, 0.3) is 5.57 Å². The van der Waals surface area contributed by atoms with E-state index < -0.39 is 0 Å². The lowest BCUT2D eigenvalue weighted by molar-refractivity contribution is -0.120. The van der Waals surface area contributed by atoms with Crippen molar-refractivity contribution in [2.75, 3.05) is 26.4 Å². The molecule has 3 aliphatic heterocycles. The van der Waals surface area contributed by atoms with E-state index in [4.69, 9.17) is 24.7 Å². The molecule has 0 radical (unpaired) electrons. The van der Waals surface area contributed by atoms with Crippen LogP contribution in [0, 0.1) is 22.7 Å². The third kappa shape index (κ3) is 6.64. The molecule has 0 aromatic heterocycles. The second kappa shape index (κ2) is 14.8. The number of amides is 1. The number of nitrogens with one attached hydrogen (secondary N) is 1. The van der Waals surface area contributed by atoms with Crippen LogP contribution in [0.5, 0.6) is 17.2 Å². The fourth-order valence-electron chi connectivity index (χ4n) is 8.76. The van der Waals surface area contributed by atoms with Crippen molar-refractivity contribution >= 4 is 11.5 Å². The number of nitriles is 2. The summed E-state index contributed by atoms with van der Waals surface area (Å²) < 4.78 is 16.8. The molecule has 6 aliphatic rings. The Morgan fingerprint density at radius 2 is 1.33 bits per heavy atom. The Hall–Kier alpha value is -4.75. The van der Waals surface area contributed by atoms with Crippen LogP contribution in [0.2, 0.25) is 0 Å². The highest BCUT2D eigenvalue weighted by atomic mass is 16.5. The number of carbonyl (C=O) groups excluding carboxylic acids is 1. The van der Waals surface area contributed by atoms with E-state index in [2.05, 4.69) is 53.9 Å². The summed E-state index contributed by atoms with van der Waals surface area (Å²) in [6.07, 6.45) is 13.8. The predicted octanol–water partition coefficient (Wildman–Crippen LogP) is 7.61. The molecule has 7 nitrogen and oxygen atoms in total. The van der Waals surface area contributed by atoms with Gasteiger partial charge in [0.25, 0.3) is 0 Å². The van der Waals surface area contributed by atoms with E-state index in [0.717, 1.165) is 95.0 Å². The van der Waals surface area contributed by atoms with Gasteiger partial charge in [-0.15, -0.1) is 0 Å². The first-order chi connectivity index (χ1) is 24.1. The fraction of sp³-hybridized carbons (Fsp3) is 0.452. The number of allylic oxidation sites excluding steroid dienone is 2. The topological polar surface area (TPSA) is 104 Å². The normalized spacial score (nSPS) is 20.3. The van der Waals surface area contributed by atoms with Crippen LogP contribution in [0.1, 0.15) is 107 Å². The minimum Gasteiger partial charge on any atom is -0.493 e. The Morgan fingerprint density at radius 3 is 1.94 bits per heavy atom. The van der Waals surface area contributed by atoms with Crippen LogP contribution in [-0.4, -0.2) is 32.3 Å². The molecule has 1 N–H and O–H groups in total. The van der Waals surface area contributed by atoms with Crippen LogP contribution in [0.4, 0.5) is 0 Å². The van der Waals surface area contributed by atoms with E-state index in [1.807, 2.05) is 6.92 Å². The Bertz CT molecular complexity index is 1860. The number of hydrogen-bond acceptors (Lipinski definition) is 6. The van der Waals surface area contributed by atoms with Gasteiger partial charge in [-0.2, -0.15) is 10.5 Å². The monoisotopic (exact) mass is 655 g/mol. The zero-order valence-corrected chi connectivity index (χ0v) is 28.5. The molecule has 49 heavy (non-hydrogen) atoms. The molecule has 2 atom stereocenters. The van der Waals surface area contributed by atoms with E-state index >= 15 is 0 Å². The van der Waals surface area contributed by atoms with E-state index in [1.165, 1.54) is 68.5 Å². The highest BCUT2D eigenvalue weighted by molar-refractivity contribution is 5.78. The smallest absolute Gasteiger partial charge is 0.219 e. The lowest BCUT2D eigenvalue weighted by Crippen LogP contribution is -2.24. The van der Waals surface area contributed by atoms with Gasteiger partial charge < -0.3 is 19.5 Å². The molecule has 1 amide bonds. The van der Waals surface area contributed by atoms with Gasteiger partial charge in [-0.05, 0) is 114 Å². The molecule has 3 aromatic carbocycles. The summed E-state index contributed by atoms with van der Waals surface area (Å²) in [5.74, 6) is 4.37. The Labute approximate surface area is 289 Å². The number of benzene rings is 3. The molecule has 3 aromatic rings. The minimum absolute atomic E-state index is 0.153. The first-order valence-corrected chi connectivity index (χ1v) is 18.1. The van der Waals surface area contributed by atoms with Crippen molar-refractivity contribution in [2.45, 2.75) is 95.8 Å². The van der Waals surface area contributed by atoms with Gasteiger partial charge in [0.1, 0.15) is 17.2 Å². The summed E-state index contributed by atoms with van der Waals surface area (Å²) in [6, 6.07) is 17.3. The van der Waals surface area contributed by atoms with E-state index in [9.17, 15) is 4.79 Å². The zero-order chi connectivity index (χ0) is 33.7. The number of nitrogens with zero attached hydrogens (tertiary/aromatic N) is 2. The van der Waals surface area contributed by atoms with E-state index in [1.54, 1.807) is 6.08 Å².